The molecular weight excluding hydrogens is 334 g/mol. The largest absolute Gasteiger partial charge is 0.497 e. The minimum atomic E-state index is 0.637. The fourth-order valence-corrected chi connectivity index (χ4v) is 4.50. The lowest BCUT2D eigenvalue weighted by molar-refractivity contribution is 0.287. The van der Waals surface area contributed by atoms with Crippen LogP contribution >= 0.6 is 11.8 Å². The molecule has 0 unspecified atom stereocenters. The van der Waals surface area contributed by atoms with Crippen LogP contribution in [-0.2, 0) is 6.54 Å². The first-order valence-corrected chi connectivity index (χ1v) is 9.85. The van der Waals surface area contributed by atoms with Gasteiger partial charge in [0.15, 0.2) is 11.0 Å². The average molecular weight is 362 g/mol. The van der Waals surface area contributed by atoms with Crippen molar-refractivity contribution in [1.82, 2.24) is 25.0 Å². The molecule has 7 heteroatoms. The smallest absolute Gasteiger partial charge is 0.195 e. The number of nitrogens with one attached hydrogen (secondary N) is 1. The summed E-state index contributed by atoms with van der Waals surface area (Å²) in [6.45, 7) is 5.26. The Hall–Kier alpha value is -1.57. The van der Waals surface area contributed by atoms with Gasteiger partial charge in [0.25, 0.3) is 0 Å². The number of likely N-dealkylation sites (tertiary alicyclic amines) is 1. The van der Waals surface area contributed by atoms with Gasteiger partial charge in [-0.05, 0) is 45.1 Å². The minimum Gasteiger partial charge on any atom is -0.497 e. The van der Waals surface area contributed by atoms with Gasteiger partial charge >= 0.3 is 0 Å². The number of aromatic nitrogens is 3. The van der Waals surface area contributed by atoms with Crippen molar-refractivity contribution in [3.8, 4) is 11.4 Å². The quantitative estimate of drug-likeness (QED) is 0.730. The van der Waals surface area contributed by atoms with Gasteiger partial charge in [0.05, 0.1) is 19.3 Å². The van der Waals surface area contributed by atoms with Crippen molar-refractivity contribution >= 4 is 11.8 Å². The van der Waals surface area contributed by atoms with E-state index < -0.39 is 0 Å². The second kappa shape index (κ2) is 8.69. The SMILES string of the molecule is CCN1CCC[C@H]1CSc1nnc(CNC)n1-c1cccc(OC)c1. The summed E-state index contributed by atoms with van der Waals surface area (Å²) in [5, 5.41) is 13.0. The van der Waals surface area contributed by atoms with Gasteiger partial charge in [-0.15, -0.1) is 10.2 Å². The number of hydrogen-bond acceptors (Lipinski definition) is 6. The molecule has 1 atom stereocenters. The van der Waals surface area contributed by atoms with E-state index in [2.05, 4.69) is 38.0 Å². The molecule has 1 fully saturated rings. The lowest BCUT2D eigenvalue weighted by atomic mass is 10.2. The van der Waals surface area contributed by atoms with Crippen LogP contribution < -0.4 is 10.1 Å². The van der Waals surface area contributed by atoms with Crippen molar-refractivity contribution in [2.75, 3.05) is 33.0 Å². The van der Waals surface area contributed by atoms with E-state index in [1.54, 1.807) is 18.9 Å². The Labute approximate surface area is 154 Å². The molecule has 2 heterocycles. The standard InChI is InChI=1S/C18H27N5OS/c1-4-22-10-6-8-15(22)13-25-18-21-20-17(12-19-2)23(18)14-7-5-9-16(11-14)24-3/h5,7,9,11,15,19H,4,6,8,10,12-13H2,1-3H3/t15-/m0/s1. The molecule has 0 radical (unpaired) electrons. The highest BCUT2D eigenvalue weighted by atomic mass is 32.2. The molecule has 1 N–H and O–H groups in total. The normalized spacial score (nSPS) is 18.0. The van der Waals surface area contributed by atoms with Crippen LogP contribution in [0.4, 0.5) is 0 Å². The summed E-state index contributed by atoms with van der Waals surface area (Å²) < 4.78 is 7.51. The van der Waals surface area contributed by atoms with E-state index in [-0.39, 0.29) is 0 Å². The molecule has 1 saturated heterocycles. The first kappa shape index (κ1) is 18.2. The zero-order chi connectivity index (χ0) is 17.6. The average Bonchev–Trinajstić information content (AvgIpc) is 3.26. The van der Waals surface area contributed by atoms with Crippen LogP contribution in [0.5, 0.6) is 5.75 Å². The molecule has 0 aliphatic carbocycles. The van der Waals surface area contributed by atoms with Crippen LogP contribution in [0.2, 0.25) is 0 Å². The summed E-state index contributed by atoms with van der Waals surface area (Å²) in [7, 11) is 3.62. The number of methoxy groups -OCH3 is 1. The summed E-state index contributed by atoms with van der Waals surface area (Å²) in [6, 6.07) is 8.69. The van der Waals surface area contributed by atoms with Crippen molar-refractivity contribution in [3.63, 3.8) is 0 Å². The summed E-state index contributed by atoms with van der Waals surface area (Å²) >= 11 is 1.80. The van der Waals surface area contributed by atoms with E-state index in [9.17, 15) is 0 Å². The molecule has 1 aliphatic heterocycles. The molecule has 1 aliphatic rings. The maximum Gasteiger partial charge on any atom is 0.195 e. The van der Waals surface area contributed by atoms with Gasteiger partial charge in [-0.3, -0.25) is 9.47 Å². The first-order chi connectivity index (χ1) is 12.3. The highest BCUT2D eigenvalue weighted by molar-refractivity contribution is 7.99. The van der Waals surface area contributed by atoms with Gasteiger partial charge in [0.1, 0.15) is 5.75 Å². The van der Waals surface area contributed by atoms with E-state index in [1.165, 1.54) is 19.4 Å². The highest BCUT2D eigenvalue weighted by Gasteiger charge is 2.24. The van der Waals surface area contributed by atoms with E-state index in [1.807, 2.05) is 25.2 Å². The van der Waals surface area contributed by atoms with Crippen molar-refractivity contribution in [1.29, 1.82) is 0 Å². The second-order valence-electron chi connectivity index (χ2n) is 6.20. The van der Waals surface area contributed by atoms with Gasteiger partial charge < -0.3 is 10.1 Å². The number of ether oxygens (including phenoxy) is 1. The summed E-state index contributed by atoms with van der Waals surface area (Å²) in [6.07, 6.45) is 2.57. The zero-order valence-corrected chi connectivity index (χ0v) is 16.1. The fraction of sp³-hybridized carbons (Fsp3) is 0.556. The Morgan fingerprint density at radius 3 is 3.00 bits per heavy atom. The Bertz CT molecular complexity index is 690. The van der Waals surface area contributed by atoms with Gasteiger partial charge in [-0.2, -0.15) is 0 Å². The monoisotopic (exact) mass is 361 g/mol. The van der Waals surface area contributed by atoms with Crippen LogP contribution in [0.25, 0.3) is 5.69 Å². The maximum absolute atomic E-state index is 5.38. The third-order valence-corrected chi connectivity index (χ3v) is 5.73. The molecule has 0 bridgehead atoms. The van der Waals surface area contributed by atoms with Crippen molar-refractivity contribution in [3.05, 3.63) is 30.1 Å². The molecule has 0 saturated carbocycles. The summed E-state index contributed by atoms with van der Waals surface area (Å²) in [4.78, 5) is 2.56. The number of benzene rings is 1. The zero-order valence-electron chi connectivity index (χ0n) is 15.2. The first-order valence-electron chi connectivity index (χ1n) is 8.87. The van der Waals surface area contributed by atoms with E-state index in [4.69, 9.17) is 4.74 Å². The number of rotatable bonds is 8. The second-order valence-corrected chi connectivity index (χ2v) is 7.19. The van der Waals surface area contributed by atoms with Crippen LogP contribution in [0.15, 0.2) is 29.4 Å². The topological polar surface area (TPSA) is 55.2 Å². The van der Waals surface area contributed by atoms with Gasteiger partial charge in [0, 0.05) is 17.9 Å². The number of nitrogens with zero attached hydrogens (tertiary/aromatic N) is 4. The van der Waals surface area contributed by atoms with E-state index >= 15 is 0 Å². The molecule has 2 aromatic rings. The Balaban J connectivity index is 1.84. The molecule has 0 spiro atoms. The number of hydrogen-bond donors (Lipinski definition) is 1. The van der Waals surface area contributed by atoms with Gasteiger partial charge in [-0.1, -0.05) is 24.8 Å². The van der Waals surface area contributed by atoms with Crippen molar-refractivity contribution < 1.29 is 4.74 Å². The minimum absolute atomic E-state index is 0.637. The lowest BCUT2D eigenvalue weighted by Crippen LogP contribution is -2.31. The molecule has 136 valence electrons. The van der Waals surface area contributed by atoms with Gasteiger partial charge in [0.2, 0.25) is 0 Å². The number of thioether (sulfide) groups is 1. The molecule has 25 heavy (non-hydrogen) atoms. The Morgan fingerprint density at radius 2 is 2.24 bits per heavy atom. The third kappa shape index (κ3) is 4.16. The third-order valence-electron chi connectivity index (χ3n) is 4.66. The van der Waals surface area contributed by atoms with Crippen LogP contribution in [0.3, 0.4) is 0 Å². The Kier molecular flexibility index (Phi) is 6.34. The van der Waals surface area contributed by atoms with Crippen LogP contribution in [0, 0.1) is 0 Å². The predicted molar refractivity (Wildman–Crippen MR) is 102 cm³/mol. The lowest BCUT2D eigenvalue weighted by Gasteiger charge is -2.22. The Morgan fingerprint density at radius 1 is 1.36 bits per heavy atom. The van der Waals surface area contributed by atoms with E-state index in [0.717, 1.165) is 34.7 Å². The fourth-order valence-electron chi connectivity index (χ4n) is 3.35. The molecule has 1 aromatic carbocycles. The van der Waals surface area contributed by atoms with Crippen LogP contribution in [-0.4, -0.2) is 58.7 Å². The van der Waals surface area contributed by atoms with E-state index in [0.29, 0.717) is 12.6 Å². The van der Waals surface area contributed by atoms with Crippen molar-refractivity contribution in [2.45, 2.75) is 37.5 Å². The molecule has 6 nitrogen and oxygen atoms in total. The molecular formula is C18H27N5OS. The highest BCUT2D eigenvalue weighted by Crippen LogP contribution is 2.28. The molecule has 0 amide bonds. The maximum atomic E-state index is 5.38. The predicted octanol–water partition coefficient (Wildman–Crippen LogP) is 2.57. The van der Waals surface area contributed by atoms with Crippen LogP contribution in [0.1, 0.15) is 25.6 Å². The summed E-state index contributed by atoms with van der Waals surface area (Å²) in [5.74, 6) is 2.80. The molecule has 1 aromatic heterocycles. The summed E-state index contributed by atoms with van der Waals surface area (Å²) in [5.41, 5.74) is 1.04. The van der Waals surface area contributed by atoms with Gasteiger partial charge in [-0.25, -0.2) is 0 Å². The van der Waals surface area contributed by atoms with Crippen molar-refractivity contribution in [2.24, 2.45) is 0 Å². The molecule has 3 rings (SSSR count).